The van der Waals surface area contributed by atoms with Gasteiger partial charge in [-0.1, -0.05) is 33.1 Å². The van der Waals surface area contributed by atoms with E-state index in [1.807, 2.05) is 0 Å². The first-order valence-electron chi connectivity index (χ1n) is 9.11. The van der Waals surface area contributed by atoms with Crippen LogP contribution in [0.4, 0.5) is 0 Å². The Labute approximate surface area is 125 Å². The van der Waals surface area contributed by atoms with Gasteiger partial charge in [-0.15, -0.1) is 0 Å². The fraction of sp³-hybridized carbons (Fsp3) is 1.00. The molecule has 20 heavy (non-hydrogen) atoms. The van der Waals surface area contributed by atoms with Gasteiger partial charge in [-0.25, -0.2) is 0 Å². The maximum Gasteiger partial charge on any atom is 0.0309 e. The summed E-state index contributed by atoms with van der Waals surface area (Å²) in [5.74, 6) is 2.77. The molecule has 1 N–H and O–H groups in total. The summed E-state index contributed by atoms with van der Waals surface area (Å²) in [5.41, 5.74) is 0.405. The summed E-state index contributed by atoms with van der Waals surface area (Å²) < 4.78 is 0. The van der Waals surface area contributed by atoms with Gasteiger partial charge in [-0.3, -0.25) is 4.90 Å². The van der Waals surface area contributed by atoms with Crippen molar-refractivity contribution in [2.45, 2.75) is 77.3 Å². The normalized spacial score (nSPS) is 38.2. The van der Waals surface area contributed by atoms with E-state index < -0.39 is 0 Å². The van der Waals surface area contributed by atoms with Crippen LogP contribution in [-0.4, -0.2) is 36.1 Å². The molecule has 3 aliphatic rings. The van der Waals surface area contributed by atoms with Crippen molar-refractivity contribution in [3.8, 4) is 0 Å². The van der Waals surface area contributed by atoms with E-state index in [9.17, 15) is 0 Å². The van der Waals surface area contributed by atoms with Gasteiger partial charge in [0.25, 0.3) is 0 Å². The van der Waals surface area contributed by atoms with Gasteiger partial charge >= 0.3 is 0 Å². The molecule has 0 bridgehead atoms. The van der Waals surface area contributed by atoms with Crippen LogP contribution in [0.5, 0.6) is 0 Å². The van der Waals surface area contributed by atoms with Gasteiger partial charge in [0.15, 0.2) is 0 Å². The molecule has 2 saturated carbocycles. The van der Waals surface area contributed by atoms with Crippen molar-refractivity contribution in [1.82, 2.24) is 10.2 Å². The zero-order valence-corrected chi connectivity index (χ0v) is 13.8. The molecule has 3 unspecified atom stereocenters. The topological polar surface area (TPSA) is 15.3 Å². The van der Waals surface area contributed by atoms with E-state index in [0.717, 1.165) is 23.8 Å². The summed E-state index contributed by atoms with van der Waals surface area (Å²) in [6, 6.07) is 0.771. The molecule has 0 aromatic carbocycles. The standard InChI is InChI=1S/C18H34N2/c1-4-14(2)17-11-19-18(3,16-9-10-16)13-20(17)12-15-7-5-6-8-15/h14-17,19H,4-13H2,1-3H3. The Hall–Kier alpha value is -0.0800. The molecule has 3 rings (SSSR count). The molecule has 116 valence electrons. The van der Waals surface area contributed by atoms with Gasteiger partial charge in [0.2, 0.25) is 0 Å². The van der Waals surface area contributed by atoms with E-state index in [2.05, 4.69) is 31.0 Å². The van der Waals surface area contributed by atoms with Crippen molar-refractivity contribution < 1.29 is 0 Å². The Morgan fingerprint density at radius 1 is 1.20 bits per heavy atom. The Balaban J connectivity index is 1.67. The number of rotatable bonds is 5. The van der Waals surface area contributed by atoms with E-state index in [1.165, 1.54) is 64.6 Å². The monoisotopic (exact) mass is 278 g/mol. The minimum Gasteiger partial charge on any atom is -0.308 e. The Morgan fingerprint density at radius 3 is 2.50 bits per heavy atom. The summed E-state index contributed by atoms with van der Waals surface area (Å²) in [5, 5.41) is 3.94. The minimum atomic E-state index is 0.405. The zero-order valence-electron chi connectivity index (χ0n) is 13.8. The third kappa shape index (κ3) is 3.06. The molecule has 1 heterocycles. The molecule has 2 heteroatoms. The second-order valence-electron chi connectivity index (χ2n) is 8.11. The molecule has 0 aromatic rings. The summed E-state index contributed by atoms with van der Waals surface area (Å²) in [7, 11) is 0. The lowest BCUT2D eigenvalue weighted by atomic mass is 9.86. The Morgan fingerprint density at radius 2 is 1.90 bits per heavy atom. The highest BCUT2D eigenvalue weighted by Gasteiger charge is 2.46. The van der Waals surface area contributed by atoms with Crippen LogP contribution in [0, 0.1) is 17.8 Å². The first-order chi connectivity index (χ1) is 9.62. The molecule has 0 amide bonds. The summed E-state index contributed by atoms with van der Waals surface area (Å²) in [4.78, 5) is 2.89. The summed E-state index contributed by atoms with van der Waals surface area (Å²) in [6.07, 6.45) is 10.1. The second-order valence-corrected chi connectivity index (χ2v) is 8.11. The summed E-state index contributed by atoms with van der Waals surface area (Å²) >= 11 is 0. The first kappa shape index (κ1) is 14.8. The largest absolute Gasteiger partial charge is 0.308 e. The van der Waals surface area contributed by atoms with Crippen LogP contribution in [0.25, 0.3) is 0 Å². The number of nitrogens with zero attached hydrogens (tertiary/aromatic N) is 1. The lowest BCUT2D eigenvalue weighted by Gasteiger charge is -2.49. The van der Waals surface area contributed by atoms with E-state index in [-0.39, 0.29) is 0 Å². The SMILES string of the molecule is CCC(C)C1CNC(C)(C2CC2)CN1CC1CCCC1. The fourth-order valence-electron chi connectivity index (χ4n) is 4.61. The molecule has 3 atom stereocenters. The average Bonchev–Trinajstić information content (AvgIpc) is 3.19. The van der Waals surface area contributed by atoms with E-state index in [0.29, 0.717) is 5.54 Å². The van der Waals surface area contributed by atoms with Crippen LogP contribution in [0.3, 0.4) is 0 Å². The average molecular weight is 278 g/mol. The molecule has 0 radical (unpaired) electrons. The van der Waals surface area contributed by atoms with Gasteiger partial charge in [0, 0.05) is 31.2 Å². The van der Waals surface area contributed by atoms with Crippen LogP contribution in [0.1, 0.15) is 65.7 Å². The van der Waals surface area contributed by atoms with Crippen LogP contribution in [-0.2, 0) is 0 Å². The van der Waals surface area contributed by atoms with Crippen molar-refractivity contribution in [1.29, 1.82) is 0 Å². The van der Waals surface area contributed by atoms with Crippen LogP contribution in [0.15, 0.2) is 0 Å². The van der Waals surface area contributed by atoms with Gasteiger partial charge in [0.1, 0.15) is 0 Å². The highest BCUT2D eigenvalue weighted by atomic mass is 15.3. The molecular weight excluding hydrogens is 244 g/mol. The number of piperazine rings is 1. The maximum absolute atomic E-state index is 3.94. The quantitative estimate of drug-likeness (QED) is 0.825. The molecule has 2 nitrogen and oxygen atoms in total. The lowest BCUT2D eigenvalue weighted by molar-refractivity contribution is 0.0361. The van der Waals surface area contributed by atoms with Crippen molar-refractivity contribution in [3.05, 3.63) is 0 Å². The highest BCUT2D eigenvalue weighted by Crippen LogP contribution is 2.42. The predicted octanol–water partition coefficient (Wildman–Crippen LogP) is 3.67. The second kappa shape index (κ2) is 5.96. The van der Waals surface area contributed by atoms with Crippen LogP contribution >= 0.6 is 0 Å². The molecule has 0 aromatic heterocycles. The molecule has 1 saturated heterocycles. The first-order valence-corrected chi connectivity index (χ1v) is 9.11. The third-order valence-corrected chi connectivity index (χ3v) is 6.46. The number of hydrogen-bond donors (Lipinski definition) is 1. The van der Waals surface area contributed by atoms with E-state index in [1.54, 1.807) is 0 Å². The van der Waals surface area contributed by atoms with Crippen LogP contribution in [0.2, 0.25) is 0 Å². The number of hydrogen-bond acceptors (Lipinski definition) is 2. The van der Waals surface area contributed by atoms with Crippen molar-refractivity contribution >= 4 is 0 Å². The molecular formula is C18H34N2. The predicted molar refractivity (Wildman–Crippen MR) is 85.9 cm³/mol. The highest BCUT2D eigenvalue weighted by molar-refractivity contribution is 5.05. The molecule has 0 spiro atoms. The molecule has 1 aliphatic heterocycles. The third-order valence-electron chi connectivity index (χ3n) is 6.46. The van der Waals surface area contributed by atoms with Gasteiger partial charge in [-0.05, 0) is 50.4 Å². The minimum absolute atomic E-state index is 0.405. The van der Waals surface area contributed by atoms with Crippen LogP contribution < -0.4 is 5.32 Å². The zero-order chi connectivity index (χ0) is 14.2. The smallest absolute Gasteiger partial charge is 0.0309 e. The lowest BCUT2D eigenvalue weighted by Crippen LogP contribution is -2.65. The van der Waals surface area contributed by atoms with Crippen molar-refractivity contribution in [2.75, 3.05) is 19.6 Å². The van der Waals surface area contributed by atoms with Gasteiger partial charge < -0.3 is 5.32 Å². The molecule has 3 fully saturated rings. The Bertz CT molecular complexity index is 319. The number of nitrogens with one attached hydrogen (secondary N) is 1. The molecule has 2 aliphatic carbocycles. The Kier molecular flexibility index (Phi) is 4.42. The van der Waals surface area contributed by atoms with Gasteiger partial charge in [-0.2, -0.15) is 0 Å². The fourth-order valence-corrected chi connectivity index (χ4v) is 4.61. The van der Waals surface area contributed by atoms with Crippen molar-refractivity contribution in [3.63, 3.8) is 0 Å². The summed E-state index contributed by atoms with van der Waals surface area (Å²) in [6.45, 7) is 11.2. The van der Waals surface area contributed by atoms with E-state index in [4.69, 9.17) is 0 Å². The van der Waals surface area contributed by atoms with Gasteiger partial charge in [0.05, 0.1) is 0 Å². The van der Waals surface area contributed by atoms with Crippen molar-refractivity contribution in [2.24, 2.45) is 17.8 Å². The van der Waals surface area contributed by atoms with E-state index >= 15 is 0 Å². The maximum atomic E-state index is 3.94.